The predicted octanol–water partition coefficient (Wildman–Crippen LogP) is 6.57. The molecule has 6 heteroatoms. The summed E-state index contributed by atoms with van der Waals surface area (Å²) in [4.78, 5) is 1.15. The zero-order chi connectivity index (χ0) is 24.0. The van der Waals surface area contributed by atoms with E-state index in [-0.39, 0.29) is 0 Å². The zero-order valence-electron chi connectivity index (χ0n) is 20.3. The molecule has 2 atom stereocenters. The first-order valence-electron chi connectivity index (χ1n) is 10.5. The van der Waals surface area contributed by atoms with Crippen LogP contribution < -0.4 is 9.44 Å². The highest BCUT2D eigenvalue weighted by atomic mass is 32.2. The first-order valence-corrected chi connectivity index (χ1v) is 12.8. The lowest BCUT2D eigenvalue weighted by molar-refractivity contribution is 0.677. The van der Waals surface area contributed by atoms with Crippen molar-refractivity contribution in [1.82, 2.24) is 4.72 Å². The Balaban J connectivity index is 2.20. The van der Waals surface area contributed by atoms with Crippen molar-refractivity contribution in [3.63, 3.8) is 0 Å². The van der Waals surface area contributed by atoms with Crippen LogP contribution in [0.15, 0.2) is 80.8 Å². The molecule has 2 unspecified atom stereocenters. The van der Waals surface area contributed by atoms with E-state index in [2.05, 4.69) is 47.6 Å². The van der Waals surface area contributed by atoms with Gasteiger partial charge < -0.3 is 9.44 Å². The summed E-state index contributed by atoms with van der Waals surface area (Å²) in [6.07, 6.45) is 4.17. The van der Waals surface area contributed by atoms with Crippen LogP contribution in [0.2, 0.25) is 0 Å². The molecule has 2 aromatic carbocycles. The monoisotopic (exact) mass is 470 g/mol. The molecule has 0 aliphatic rings. The third-order valence-corrected chi connectivity index (χ3v) is 7.15. The van der Waals surface area contributed by atoms with E-state index in [0.717, 1.165) is 33.7 Å². The topological polar surface area (TPSA) is 58.2 Å². The van der Waals surface area contributed by atoms with Crippen molar-refractivity contribution in [2.24, 2.45) is 0 Å². The van der Waals surface area contributed by atoms with Gasteiger partial charge in [-0.25, -0.2) is 8.42 Å². The van der Waals surface area contributed by atoms with Crippen LogP contribution in [0.5, 0.6) is 0 Å². The third-order valence-electron chi connectivity index (χ3n) is 4.90. The standard InChI is InChI=1S/C26H34N2O2S2/c1-17(2)12-18(3)13-20(5)23(8)27-31(29)24-10-9-11-25(16-24)32(30)28-26-21(6)14-19(4)15-22(26)7/h9-16,27-28H,1-8H3/b18-13-,23-20+. The molecule has 0 aliphatic heterocycles. The molecule has 32 heavy (non-hydrogen) atoms. The molecule has 0 spiro atoms. The minimum absolute atomic E-state index is 0.576. The molecule has 0 fully saturated rings. The van der Waals surface area contributed by atoms with Crippen molar-refractivity contribution >= 4 is 27.7 Å². The van der Waals surface area contributed by atoms with Gasteiger partial charge in [-0.1, -0.05) is 47.1 Å². The number of hydrogen-bond donors (Lipinski definition) is 2. The summed E-state index contributed by atoms with van der Waals surface area (Å²) in [5.41, 5.74) is 8.35. The highest BCUT2D eigenvalue weighted by Crippen LogP contribution is 2.24. The van der Waals surface area contributed by atoms with Crippen LogP contribution in [0.3, 0.4) is 0 Å². The van der Waals surface area contributed by atoms with Gasteiger partial charge in [-0.05, 0) is 90.3 Å². The van der Waals surface area contributed by atoms with E-state index in [1.165, 1.54) is 11.1 Å². The smallest absolute Gasteiger partial charge is 0.150 e. The molecule has 2 rings (SSSR count). The number of rotatable bonds is 8. The summed E-state index contributed by atoms with van der Waals surface area (Å²) in [5, 5.41) is 0. The van der Waals surface area contributed by atoms with Gasteiger partial charge in [0.2, 0.25) is 0 Å². The Morgan fingerprint density at radius 2 is 1.38 bits per heavy atom. The van der Waals surface area contributed by atoms with Crippen LogP contribution in [0.25, 0.3) is 0 Å². The maximum Gasteiger partial charge on any atom is 0.150 e. The largest absolute Gasteiger partial charge is 0.305 e. The summed E-state index contributed by atoms with van der Waals surface area (Å²) >= 11 is 0. The number of benzene rings is 2. The fourth-order valence-electron chi connectivity index (χ4n) is 3.42. The quantitative estimate of drug-likeness (QED) is 0.429. The molecule has 0 heterocycles. The summed E-state index contributed by atoms with van der Waals surface area (Å²) in [5.74, 6) is 0. The maximum atomic E-state index is 13.0. The molecule has 2 aromatic rings. The third kappa shape index (κ3) is 7.31. The van der Waals surface area contributed by atoms with Crippen molar-refractivity contribution in [1.29, 1.82) is 0 Å². The van der Waals surface area contributed by atoms with Crippen LogP contribution in [0, 0.1) is 20.8 Å². The van der Waals surface area contributed by atoms with Crippen LogP contribution in [0.4, 0.5) is 5.69 Å². The van der Waals surface area contributed by atoms with Crippen molar-refractivity contribution in [2.75, 3.05) is 4.72 Å². The second-order valence-electron chi connectivity index (χ2n) is 8.41. The minimum Gasteiger partial charge on any atom is -0.305 e. The van der Waals surface area contributed by atoms with E-state index < -0.39 is 22.0 Å². The van der Waals surface area contributed by atoms with Gasteiger partial charge in [-0.15, -0.1) is 0 Å². The van der Waals surface area contributed by atoms with E-state index in [4.69, 9.17) is 0 Å². The highest BCUT2D eigenvalue weighted by Gasteiger charge is 2.12. The molecule has 0 aromatic heterocycles. The van der Waals surface area contributed by atoms with Gasteiger partial charge in [0.15, 0.2) is 0 Å². The van der Waals surface area contributed by atoms with E-state index >= 15 is 0 Å². The van der Waals surface area contributed by atoms with Crippen molar-refractivity contribution in [3.05, 3.63) is 87.7 Å². The van der Waals surface area contributed by atoms with Crippen molar-refractivity contribution in [3.8, 4) is 0 Å². The first kappa shape index (κ1) is 25.8. The highest BCUT2D eigenvalue weighted by molar-refractivity contribution is 7.86. The van der Waals surface area contributed by atoms with Gasteiger partial charge in [0, 0.05) is 5.70 Å². The average molecular weight is 471 g/mol. The van der Waals surface area contributed by atoms with Gasteiger partial charge in [-0.2, -0.15) is 0 Å². The van der Waals surface area contributed by atoms with Gasteiger partial charge >= 0.3 is 0 Å². The van der Waals surface area contributed by atoms with Crippen LogP contribution >= 0.6 is 0 Å². The number of nitrogens with one attached hydrogen (secondary N) is 2. The maximum absolute atomic E-state index is 13.0. The summed E-state index contributed by atoms with van der Waals surface area (Å²) in [7, 11) is -2.92. The fraction of sp³-hybridized carbons (Fsp3) is 0.308. The number of aryl methyl sites for hydroxylation is 3. The lowest BCUT2D eigenvalue weighted by atomic mass is 10.1. The number of hydrogen-bond acceptors (Lipinski definition) is 2. The Morgan fingerprint density at radius 3 is 1.94 bits per heavy atom. The molecular formula is C26H34N2O2S2. The van der Waals surface area contributed by atoms with Crippen LogP contribution in [-0.4, -0.2) is 8.42 Å². The second-order valence-corrected chi connectivity index (χ2v) is 10.8. The SMILES string of the molecule is CC(C)=C/C(C)=C\C(C)=C(/C)NS(=O)c1cccc(S(=O)Nc2c(C)cc(C)cc2C)c1. The van der Waals surface area contributed by atoms with Crippen molar-refractivity contribution < 1.29 is 8.42 Å². The molecule has 0 saturated heterocycles. The zero-order valence-corrected chi connectivity index (χ0v) is 21.9. The molecule has 0 aliphatic carbocycles. The van der Waals surface area contributed by atoms with E-state index in [0.29, 0.717) is 9.79 Å². The lowest BCUT2D eigenvalue weighted by Gasteiger charge is -2.14. The molecule has 0 saturated carbocycles. The molecule has 172 valence electrons. The summed E-state index contributed by atoms with van der Waals surface area (Å²) < 4.78 is 32.1. The lowest BCUT2D eigenvalue weighted by Crippen LogP contribution is -2.16. The fourth-order valence-corrected chi connectivity index (χ4v) is 5.55. The summed E-state index contributed by atoms with van der Waals surface area (Å²) in [6.45, 7) is 16.1. The predicted molar refractivity (Wildman–Crippen MR) is 138 cm³/mol. The average Bonchev–Trinajstić information content (AvgIpc) is 2.69. The second kappa shape index (κ2) is 11.4. The van der Waals surface area contributed by atoms with Gasteiger partial charge in [0.1, 0.15) is 22.0 Å². The Hall–Kier alpha value is -2.44. The van der Waals surface area contributed by atoms with Crippen LogP contribution in [0.1, 0.15) is 51.3 Å². The van der Waals surface area contributed by atoms with Gasteiger partial charge in [0.25, 0.3) is 0 Å². The van der Waals surface area contributed by atoms with E-state index in [1.807, 2.05) is 41.5 Å². The van der Waals surface area contributed by atoms with E-state index in [1.54, 1.807) is 24.3 Å². The normalized spacial score (nSPS) is 14.3. The Labute approximate surface area is 198 Å². The molecule has 0 bridgehead atoms. The Bertz CT molecular complexity index is 1120. The molecule has 0 radical (unpaired) electrons. The molecule has 4 nitrogen and oxygen atoms in total. The van der Waals surface area contributed by atoms with Crippen molar-refractivity contribution in [2.45, 2.75) is 65.2 Å². The van der Waals surface area contributed by atoms with Gasteiger partial charge in [-0.3, -0.25) is 0 Å². The molecular weight excluding hydrogens is 436 g/mol. The minimum atomic E-state index is -1.46. The molecule has 0 amide bonds. The number of anilines is 1. The first-order chi connectivity index (χ1) is 15.0. The number of allylic oxidation sites excluding steroid dienone is 6. The van der Waals surface area contributed by atoms with Gasteiger partial charge in [0.05, 0.1) is 15.5 Å². The summed E-state index contributed by atoms with van der Waals surface area (Å²) in [6, 6.07) is 11.2. The Morgan fingerprint density at radius 1 is 0.812 bits per heavy atom. The molecule has 2 N–H and O–H groups in total. The van der Waals surface area contributed by atoms with Crippen LogP contribution in [-0.2, 0) is 22.0 Å². The Kier molecular flexibility index (Phi) is 9.22. The van der Waals surface area contributed by atoms with E-state index in [9.17, 15) is 8.42 Å².